The number of carbonyl (C=O) groups excluding carboxylic acids is 3. The molecule has 8 heteroatoms. The van der Waals surface area contributed by atoms with Crippen LogP contribution in [0.1, 0.15) is 6.92 Å². The summed E-state index contributed by atoms with van der Waals surface area (Å²) in [5.41, 5.74) is 1.51. The van der Waals surface area contributed by atoms with E-state index in [9.17, 15) is 14.4 Å². The molecule has 0 unspecified atom stereocenters. The third-order valence-corrected chi connectivity index (χ3v) is 4.09. The van der Waals surface area contributed by atoms with Gasteiger partial charge in [0.25, 0.3) is 5.91 Å². The Labute approximate surface area is 132 Å². The number of esters is 1. The van der Waals surface area contributed by atoms with E-state index >= 15 is 0 Å². The molecule has 1 aromatic carbocycles. The van der Waals surface area contributed by atoms with Crippen LogP contribution in [-0.4, -0.2) is 43.3 Å². The van der Waals surface area contributed by atoms with Gasteiger partial charge in [-0.25, -0.2) is 9.69 Å². The van der Waals surface area contributed by atoms with Crippen LogP contribution in [-0.2, 0) is 19.1 Å². The van der Waals surface area contributed by atoms with Gasteiger partial charge in [0.05, 0.1) is 19.9 Å². The molecule has 1 aromatic rings. The van der Waals surface area contributed by atoms with Crippen LogP contribution in [0.15, 0.2) is 29.4 Å². The van der Waals surface area contributed by atoms with Gasteiger partial charge in [-0.15, -0.1) is 0 Å². The number of imide groups is 1. The lowest BCUT2D eigenvalue weighted by Gasteiger charge is -2.21. The van der Waals surface area contributed by atoms with Gasteiger partial charge in [-0.3, -0.25) is 15.0 Å². The van der Waals surface area contributed by atoms with E-state index in [1.807, 2.05) is 0 Å². The summed E-state index contributed by atoms with van der Waals surface area (Å²) in [4.78, 5) is 38.5. The van der Waals surface area contributed by atoms with Crippen molar-refractivity contribution >= 4 is 29.2 Å². The van der Waals surface area contributed by atoms with E-state index in [-0.39, 0.29) is 5.71 Å². The zero-order valence-electron chi connectivity index (χ0n) is 12.8. The number of hydrogen-bond acceptors (Lipinski definition) is 7. The molecule has 120 valence electrons. The summed E-state index contributed by atoms with van der Waals surface area (Å²) in [5.74, 6) is -2.44. The predicted molar refractivity (Wildman–Crippen MR) is 80.0 cm³/mol. The number of carbonyl (C=O) groups is 3. The van der Waals surface area contributed by atoms with Crippen LogP contribution in [0.2, 0.25) is 0 Å². The summed E-state index contributed by atoms with van der Waals surface area (Å²) in [6, 6.07) is 6.68. The monoisotopic (exact) mass is 317 g/mol. The van der Waals surface area contributed by atoms with Crippen molar-refractivity contribution in [3.05, 3.63) is 24.3 Å². The first-order valence-electron chi connectivity index (χ1n) is 6.90. The third kappa shape index (κ3) is 1.91. The van der Waals surface area contributed by atoms with Gasteiger partial charge in [0.15, 0.2) is 5.71 Å². The van der Waals surface area contributed by atoms with Gasteiger partial charge >= 0.3 is 5.97 Å². The standard InChI is InChI=1S/C15H15N3O5/c1-15-10(11(16-17-15)13(20)23-3)12(19)18(14(15)21)8-6-4-5-7-9(8)22-2/h4-7,10,17H,1-3H3/t10-,15+/m1/s1. The van der Waals surface area contributed by atoms with Crippen molar-refractivity contribution in [2.24, 2.45) is 11.0 Å². The minimum Gasteiger partial charge on any atom is -0.495 e. The summed E-state index contributed by atoms with van der Waals surface area (Å²) in [7, 11) is 2.64. The normalized spacial score (nSPS) is 25.8. The average Bonchev–Trinajstić information content (AvgIpc) is 3.01. The van der Waals surface area contributed by atoms with Gasteiger partial charge in [-0.2, -0.15) is 5.10 Å². The van der Waals surface area contributed by atoms with Crippen molar-refractivity contribution < 1.29 is 23.9 Å². The molecular weight excluding hydrogens is 302 g/mol. The maximum Gasteiger partial charge on any atom is 0.355 e. The second kappa shape index (κ2) is 5.08. The molecule has 0 bridgehead atoms. The number of fused-ring (bicyclic) bond motifs is 1. The van der Waals surface area contributed by atoms with Crippen LogP contribution in [0, 0.1) is 5.92 Å². The Kier molecular flexibility index (Phi) is 3.32. The lowest BCUT2D eigenvalue weighted by molar-refractivity contribution is -0.133. The topological polar surface area (TPSA) is 97.3 Å². The van der Waals surface area contributed by atoms with Crippen molar-refractivity contribution in [3.8, 4) is 5.75 Å². The van der Waals surface area contributed by atoms with E-state index in [1.165, 1.54) is 21.1 Å². The maximum absolute atomic E-state index is 12.8. The van der Waals surface area contributed by atoms with Crippen LogP contribution >= 0.6 is 0 Å². The second-order valence-corrected chi connectivity index (χ2v) is 5.39. The highest BCUT2D eigenvalue weighted by molar-refractivity contribution is 6.47. The quantitative estimate of drug-likeness (QED) is 0.626. The summed E-state index contributed by atoms with van der Waals surface area (Å²) >= 11 is 0. The molecule has 0 aliphatic carbocycles. The van der Waals surface area contributed by atoms with E-state index < -0.39 is 29.2 Å². The van der Waals surface area contributed by atoms with Gasteiger partial charge in [-0.05, 0) is 19.1 Å². The molecule has 1 N–H and O–H groups in total. The fourth-order valence-corrected chi connectivity index (χ4v) is 2.89. The highest BCUT2D eigenvalue weighted by Gasteiger charge is 2.64. The molecule has 2 heterocycles. The highest BCUT2D eigenvalue weighted by atomic mass is 16.5. The van der Waals surface area contributed by atoms with Crippen molar-refractivity contribution in [2.75, 3.05) is 19.1 Å². The van der Waals surface area contributed by atoms with Crippen molar-refractivity contribution in [2.45, 2.75) is 12.5 Å². The highest BCUT2D eigenvalue weighted by Crippen LogP contribution is 2.40. The Balaban J connectivity index is 2.07. The largest absolute Gasteiger partial charge is 0.495 e. The zero-order valence-corrected chi connectivity index (χ0v) is 12.8. The number of para-hydroxylation sites is 2. The molecule has 2 atom stereocenters. The van der Waals surface area contributed by atoms with Crippen molar-refractivity contribution in [1.29, 1.82) is 0 Å². The lowest BCUT2D eigenvalue weighted by Crippen LogP contribution is -2.48. The molecule has 3 rings (SSSR count). The summed E-state index contributed by atoms with van der Waals surface area (Å²) in [5, 5.41) is 3.83. The molecule has 1 saturated heterocycles. The van der Waals surface area contributed by atoms with E-state index in [4.69, 9.17) is 4.74 Å². The predicted octanol–water partition coefficient (Wildman–Crippen LogP) is 0.0755. The van der Waals surface area contributed by atoms with Gasteiger partial charge < -0.3 is 9.47 Å². The number of anilines is 1. The second-order valence-electron chi connectivity index (χ2n) is 5.39. The molecule has 23 heavy (non-hydrogen) atoms. The fraction of sp³-hybridized carbons (Fsp3) is 0.333. The molecule has 8 nitrogen and oxygen atoms in total. The Bertz CT molecular complexity index is 744. The number of nitrogens with one attached hydrogen (secondary N) is 1. The molecule has 0 aromatic heterocycles. The first-order valence-corrected chi connectivity index (χ1v) is 6.90. The van der Waals surface area contributed by atoms with Crippen molar-refractivity contribution in [1.82, 2.24) is 5.43 Å². The lowest BCUT2D eigenvalue weighted by atomic mass is 9.86. The average molecular weight is 317 g/mol. The van der Waals surface area contributed by atoms with Crippen LogP contribution < -0.4 is 15.1 Å². The smallest absolute Gasteiger partial charge is 0.355 e. The van der Waals surface area contributed by atoms with Crippen LogP contribution in [0.5, 0.6) is 5.75 Å². The van der Waals surface area contributed by atoms with E-state index in [1.54, 1.807) is 24.3 Å². The van der Waals surface area contributed by atoms with Gasteiger partial charge in [0.1, 0.15) is 17.2 Å². The number of amides is 2. The van der Waals surface area contributed by atoms with Gasteiger partial charge in [0, 0.05) is 0 Å². The molecular formula is C15H15N3O5. The fourth-order valence-electron chi connectivity index (χ4n) is 2.89. The van der Waals surface area contributed by atoms with E-state index in [0.717, 1.165) is 4.90 Å². The number of nitrogens with zero attached hydrogens (tertiary/aromatic N) is 2. The van der Waals surface area contributed by atoms with Gasteiger partial charge in [-0.1, -0.05) is 12.1 Å². The summed E-state index contributed by atoms with van der Waals surface area (Å²) in [6.45, 7) is 1.53. The van der Waals surface area contributed by atoms with Gasteiger partial charge in [0.2, 0.25) is 5.91 Å². The Morgan fingerprint density at radius 1 is 1.30 bits per heavy atom. The minimum absolute atomic E-state index is 0.106. The SMILES string of the molecule is COC(=O)C1=NN[C@]2(C)C(=O)N(c3ccccc3OC)C(=O)[C@@H]12. The number of hydrogen-bond donors (Lipinski definition) is 1. The Hall–Kier alpha value is -2.90. The summed E-state index contributed by atoms with van der Waals surface area (Å²) < 4.78 is 9.86. The molecule has 2 aliphatic rings. The molecule has 2 amide bonds. The van der Waals surface area contributed by atoms with Crippen LogP contribution in [0.25, 0.3) is 0 Å². The first-order chi connectivity index (χ1) is 11.0. The number of ether oxygens (including phenoxy) is 2. The molecule has 0 radical (unpaired) electrons. The number of rotatable bonds is 3. The van der Waals surface area contributed by atoms with E-state index in [0.29, 0.717) is 11.4 Å². The van der Waals surface area contributed by atoms with E-state index in [2.05, 4.69) is 15.3 Å². The summed E-state index contributed by atoms with van der Waals surface area (Å²) in [6.07, 6.45) is 0. The third-order valence-electron chi connectivity index (χ3n) is 4.09. The minimum atomic E-state index is -1.32. The maximum atomic E-state index is 12.8. The first kappa shape index (κ1) is 15.0. The number of benzene rings is 1. The molecule has 2 aliphatic heterocycles. The zero-order chi connectivity index (χ0) is 16.8. The van der Waals surface area contributed by atoms with Crippen LogP contribution in [0.3, 0.4) is 0 Å². The number of hydrazone groups is 1. The molecule has 0 spiro atoms. The number of methoxy groups -OCH3 is 2. The Morgan fingerprint density at radius 3 is 2.65 bits per heavy atom. The molecule has 0 saturated carbocycles. The molecule has 1 fully saturated rings. The Morgan fingerprint density at radius 2 is 2.00 bits per heavy atom. The van der Waals surface area contributed by atoms with Crippen LogP contribution in [0.4, 0.5) is 5.69 Å². The van der Waals surface area contributed by atoms with Crippen molar-refractivity contribution in [3.63, 3.8) is 0 Å².